The molecule has 102 valence electrons. The highest BCUT2D eigenvalue weighted by atomic mass is 79.9. The van der Waals surface area contributed by atoms with Crippen LogP contribution in [0.2, 0.25) is 0 Å². The molecule has 1 heterocycles. The number of anilines is 2. The number of benzene rings is 1. The lowest BCUT2D eigenvalue weighted by molar-refractivity contribution is -0.123. The molecule has 0 radical (unpaired) electrons. The van der Waals surface area contributed by atoms with Crippen LogP contribution < -0.4 is 16.6 Å². The Balaban J connectivity index is 2.38. The highest BCUT2D eigenvalue weighted by Crippen LogP contribution is 2.34. The van der Waals surface area contributed by atoms with E-state index >= 15 is 0 Å². The van der Waals surface area contributed by atoms with Crippen LogP contribution in [0.4, 0.5) is 10.8 Å². The smallest absolute Gasteiger partial charge is 0.229 e. The third-order valence-corrected chi connectivity index (χ3v) is 4.05. The van der Waals surface area contributed by atoms with Crippen LogP contribution in [-0.2, 0) is 4.79 Å². The summed E-state index contributed by atoms with van der Waals surface area (Å²) in [6.07, 6.45) is 0. The number of nitrogens with zero attached hydrogens (tertiary/aromatic N) is 1. The number of fused-ring (bicyclic) bond motifs is 1. The van der Waals surface area contributed by atoms with Crippen molar-refractivity contribution in [3.05, 3.63) is 16.6 Å². The van der Waals surface area contributed by atoms with Gasteiger partial charge in [-0.3, -0.25) is 10.2 Å². The molecule has 0 aliphatic heterocycles. The maximum absolute atomic E-state index is 12.0. The van der Waals surface area contributed by atoms with E-state index in [0.29, 0.717) is 5.13 Å². The quantitative estimate of drug-likeness (QED) is 0.577. The van der Waals surface area contributed by atoms with Gasteiger partial charge in [0, 0.05) is 15.6 Å². The number of thiazole rings is 1. The average molecular weight is 343 g/mol. The molecule has 0 saturated heterocycles. The minimum absolute atomic E-state index is 0.0274. The van der Waals surface area contributed by atoms with Gasteiger partial charge in [-0.1, -0.05) is 32.1 Å². The summed E-state index contributed by atoms with van der Waals surface area (Å²) in [5, 5.41) is 3.53. The molecule has 2 rings (SSSR count). The summed E-state index contributed by atoms with van der Waals surface area (Å²) < 4.78 is 1.78. The van der Waals surface area contributed by atoms with Gasteiger partial charge in [0.05, 0.1) is 10.2 Å². The summed E-state index contributed by atoms with van der Waals surface area (Å²) in [5.41, 5.74) is 3.66. The molecule has 0 spiro atoms. The average Bonchev–Trinajstić information content (AvgIpc) is 2.71. The Morgan fingerprint density at radius 2 is 2.11 bits per heavy atom. The van der Waals surface area contributed by atoms with E-state index in [9.17, 15) is 4.79 Å². The monoisotopic (exact) mass is 342 g/mol. The van der Waals surface area contributed by atoms with Crippen molar-refractivity contribution in [2.75, 3.05) is 10.7 Å². The normalized spacial score (nSPS) is 11.6. The van der Waals surface area contributed by atoms with Gasteiger partial charge in [-0.15, -0.1) is 0 Å². The first-order valence-electron chi connectivity index (χ1n) is 5.69. The van der Waals surface area contributed by atoms with Crippen molar-refractivity contribution in [2.45, 2.75) is 20.8 Å². The fourth-order valence-corrected chi connectivity index (χ4v) is 2.96. The van der Waals surface area contributed by atoms with Crippen LogP contribution in [0.5, 0.6) is 0 Å². The lowest BCUT2D eigenvalue weighted by atomic mass is 9.95. The predicted molar refractivity (Wildman–Crippen MR) is 83.2 cm³/mol. The third kappa shape index (κ3) is 3.05. The van der Waals surface area contributed by atoms with E-state index in [2.05, 4.69) is 31.7 Å². The Morgan fingerprint density at radius 1 is 1.42 bits per heavy atom. The van der Waals surface area contributed by atoms with Crippen LogP contribution in [0.15, 0.2) is 16.6 Å². The zero-order chi connectivity index (χ0) is 14.2. The Kier molecular flexibility index (Phi) is 3.80. The fraction of sp³-hybridized carbons (Fsp3) is 0.333. The second-order valence-electron chi connectivity index (χ2n) is 5.17. The summed E-state index contributed by atoms with van der Waals surface area (Å²) in [4.78, 5) is 16.3. The van der Waals surface area contributed by atoms with E-state index in [4.69, 9.17) is 5.84 Å². The number of nitrogens with one attached hydrogen (secondary N) is 2. The Bertz CT molecular complexity index is 632. The van der Waals surface area contributed by atoms with E-state index in [0.717, 1.165) is 20.4 Å². The molecule has 1 amide bonds. The van der Waals surface area contributed by atoms with Crippen LogP contribution in [0.3, 0.4) is 0 Å². The Labute approximate surface area is 123 Å². The number of nitrogens with two attached hydrogens (primary N) is 1. The van der Waals surface area contributed by atoms with Crippen LogP contribution in [0, 0.1) is 5.41 Å². The number of hydrazine groups is 1. The second kappa shape index (κ2) is 5.07. The Morgan fingerprint density at radius 3 is 2.68 bits per heavy atom. The van der Waals surface area contributed by atoms with E-state index < -0.39 is 5.41 Å². The lowest BCUT2D eigenvalue weighted by Crippen LogP contribution is -2.27. The maximum Gasteiger partial charge on any atom is 0.229 e. The molecule has 0 bridgehead atoms. The van der Waals surface area contributed by atoms with Gasteiger partial charge < -0.3 is 5.32 Å². The molecular formula is C12H15BrN4OS. The number of hydrogen-bond acceptors (Lipinski definition) is 5. The molecule has 5 nitrogen and oxygen atoms in total. The molecule has 1 aromatic heterocycles. The van der Waals surface area contributed by atoms with Crippen molar-refractivity contribution in [2.24, 2.45) is 11.3 Å². The largest absolute Gasteiger partial charge is 0.326 e. The number of carbonyl (C=O) groups is 1. The minimum atomic E-state index is -0.431. The standard InChI is InChI=1S/C12H15BrN4OS/c1-12(2,3)10(18)15-6-4-7(13)9-8(5-6)19-11(16-9)17-14/h4-5H,14H2,1-3H3,(H,15,18)(H,16,17). The number of rotatable bonds is 2. The van der Waals surface area contributed by atoms with Crippen molar-refractivity contribution >= 4 is 54.2 Å². The fourth-order valence-electron chi connectivity index (χ4n) is 1.44. The van der Waals surface area contributed by atoms with E-state index in [1.165, 1.54) is 11.3 Å². The van der Waals surface area contributed by atoms with Gasteiger partial charge >= 0.3 is 0 Å². The summed E-state index contributed by atoms with van der Waals surface area (Å²) >= 11 is 4.89. The van der Waals surface area contributed by atoms with E-state index in [1.54, 1.807) is 0 Å². The third-order valence-electron chi connectivity index (χ3n) is 2.51. The van der Waals surface area contributed by atoms with Crippen molar-refractivity contribution in [3.63, 3.8) is 0 Å². The number of aromatic nitrogens is 1. The topological polar surface area (TPSA) is 80.0 Å². The summed E-state index contributed by atoms with van der Waals surface area (Å²) in [6, 6.07) is 3.73. The van der Waals surface area contributed by atoms with Crippen molar-refractivity contribution in [1.29, 1.82) is 0 Å². The maximum atomic E-state index is 12.0. The SMILES string of the molecule is CC(C)(C)C(=O)Nc1cc(Br)c2nc(NN)sc2c1. The highest BCUT2D eigenvalue weighted by molar-refractivity contribution is 9.10. The Hall–Kier alpha value is -1.18. The first kappa shape index (κ1) is 14.2. The summed E-state index contributed by atoms with van der Waals surface area (Å²) in [5.74, 6) is 5.33. The molecule has 0 unspecified atom stereocenters. The van der Waals surface area contributed by atoms with Gasteiger partial charge in [-0.2, -0.15) is 0 Å². The highest BCUT2D eigenvalue weighted by Gasteiger charge is 2.21. The molecule has 0 aliphatic rings. The molecular weight excluding hydrogens is 328 g/mol. The number of amides is 1. The van der Waals surface area contributed by atoms with Gasteiger partial charge in [0.1, 0.15) is 0 Å². The first-order valence-corrected chi connectivity index (χ1v) is 7.30. The molecule has 7 heteroatoms. The minimum Gasteiger partial charge on any atom is -0.326 e. The summed E-state index contributed by atoms with van der Waals surface area (Å²) in [7, 11) is 0. The molecule has 4 N–H and O–H groups in total. The molecule has 2 aromatic rings. The van der Waals surface area contributed by atoms with Gasteiger partial charge in [0.25, 0.3) is 0 Å². The zero-order valence-electron chi connectivity index (χ0n) is 10.9. The van der Waals surface area contributed by atoms with Crippen molar-refractivity contribution < 1.29 is 4.79 Å². The lowest BCUT2D eigenvalue weighted by Gasteiger charge is -2.17. The molecule has 0 aliphatic carbocycles. The van der Waals surface area contributed by atoms with Crippen LogP contribution in [0.1, 0.15) is 20.8 Å². The molecule has 0 saturated carbocycles. The molecule has 19 heavy (non-hydrogen) atoms. The predicted octanol–water partition coefficient (Wildman–Crippen LogP) is 3.33. The van der Waals surface area contributed by atoms with Crippen molar-refractivity contribution in [3.8, 4) is 0 Å². The van der Waals surface area contributed by atoms with E-state index in [-0.39, 0.29) is 5.91 Å². The molecule has 0 fully saturated rings. The molecule has 0 atom stereocenters. The van der Waals surface area contributed by atoms with Gasteiger partial charge in [0.2, 0.25) is 5.91 Å². The molecule has 1 aromatic carbocycles. The first-order chi connectivity index (χ1) is 8.81. The number of carbonyl (C=O) groups excluding carboxylic acids is 1. The van der Waals surface area contributed by atoms with E-state index in [1.807, 2.05) is 32.9 Å². The summed E-state index contributed by atoms with van der Waals surface area (Å²) in [6.45, 7) is 5.62. The van der Waals surface area contributed by atoms with Crippen LogP contribution in [0.25, 0.3) is 10.2 Å². The number of hydrogen-bond donors (Lipinski definition) is 3. The number of nitrogen functional groups attached to an aromatic ring is 1. The van der Waals surface area contributed by atoms with Crippen LogP contribution in [-0.4, -0.2) is 10.9 Å². The van der Waals surface area contributed by atoms with Gasteiger partial charge in [-0.25, -0.2) is 10.8 Å². The zero-order valence-corrected chi connectivity index (χ0v) is 13.3. The van der Waals surface area contributed by atoms with Crippen LogP contribution >= 0.6 is 27.3 Å². The van der Waals surface area contributed by atoms with Crippen molar-refractivity contribution in [1.82, 2.24) is 4.98 Å². The second-order valence-corrected chi connectivity index (χ2v) is 7.06. The number of halogens is 1. The van der Waals surface area contributed by atoms with Gasteiger partial charge in [0.15, 0.2) is 5.13 Å². The van der Waals surface area contributed by atoms with Gasteiger partial charge in [-0.05, 0) is 28.1 Å².